The number of carbonyl (C=O) groups excluding carboxylic acids is 1. The molecular formula is C24H39NO6. The van der Waals surface area contributed by atoms with E-state index < -0.39 is 12.1 Å². The first-order chi connectivity index (χ1) is 14.6. The van der Waals surface area contributed by atoms with Gasteiger partial charge in [-0.15, -0.1) is 0 Å². The third-order valence-corrected chi connectivity index (χ3v) is 4.88. The number of carboxylic acid groups (broad SMARTS) is 1. The summed E-state index contributed by atoms with van der Waals surface area (Å²) in [5.41, 5.74) is 0.970. The zero-order valence-corrected chi connectivity index (χ0v) is 19.8. The molecule has 0 fully saturated rings. The second-order valence-electron chi connectivity index (χ2n) is 8.88. The Morgan fingerprint density at radius 1 is 1.10 bits per heavy atom. The van der Waals surface area contributed by atoms with Gasteiger partial charge in [-0.3, -0.25) is 0 Å². The van der Waals surface area contributed by atoms with Gasteiger partial charge in [0.15, 0.2) is 6.10 Å². The normalized spacial score (nSPS) is 13.4. The van der Waals surface area contributed by atoms with Crippen LogP contribution in [0.1, 0.15) is 59.9 Å². The Bertz CT molecular complexity index is 668. The van der Waals surface area contributed by atoms with Crippen LogP contribution in [0.4, 0.5) is 4.79 Å². The standard InChI is InChI=1S/C24H39NO6/c1-7-18(3)31-23(28)25(14-13-24(4,5)6)15-16-30-20-11-9-19(10-12-20)17-21(22(26)27)29-8-2/h9-12,18,21H,7-8,13-17H2,1-6H3,(H,26,27). The topological polar surface area (TPSA) is 85.3 Å². The molecule has 2 unspecified atom stereocenters. The average molecular weight is 438 g/mol. The monoisotopic (exact) mass is 437 g/mol. The fraction of sp³-hybridized carbons (Fsp3) is 0.667. The number of amides is 1. The van der Waals surface area contributed by atoms with Crippen LogP contribution in [0.25, 0.3) is 0 Å². The number of hydrogen-bond acceptors (Lipinski definition) is 5. The van der Waals surface area contributed by atoms with E-state index in [0.29, 0.717) is 38.5 Å². The maximum atomic E-state index is 12.5. The van der Waals surface area contributed by atoms with Gasteiger partial charge in [0, 0.05) is 19.6 Å². The smallest absolute Gasteiger partial charge is 0.410 e. The summed E-state index contributed by atoms with van der Waals surface area (Å²) in [4.78, 5) is 25.4. The minimum absolute atomic E-state index is 0.112. The summed E-state index contributed by atoms with van der Waals surface area (Å²) in [7, 11) is 0. The number of nitrogens with zero attached hydrogens (tertiary/aromatic N) is 1. The number of rotatable bonds is 13. The van der Waals surface area contributed by atoms with Gasteiger partial charge in [0.1, 0.15) is 18.5 Å². The molecule has 0 aliphatic rings. The lowest BCUT2D eigenvalue weighted by atomic mass is 9.92. The minimum atomic E-state index is -0.971. The fourth-order valence-electron chi connectivity index (χ4n) is 2.72. The predicted molar refractivity (Wildman–Crippen MR) is 121 cm³/mol. The number of ether oxygens (including phenoxy) is 3. The fourth-order valence-corrected chi connectivity index (χ4v) is 2.72. The van der Waals surface area contributed by atoms with E-state index in [1.807, 2.05) is 26.0 Å². The van der Waals surface area contributed by atoms with Crippen LogP contribution in [-0.4, -0.2) is 60.6 Å². The van der Waals surface area contributed by atoms with Gasteiger partial charge in [-0.2, -0.15) is 0 Å². The lowest BCUT2D eigenvalue weighted by Gasteiger charge is -2.27. The molecule has 7 nitrogen and oxygen atoms in total. The van der Waals surface area contributed by atoms with Crippen molar-refractivity contribution >= 4 is 12.1 Å². The van der Waals surface area contributed by atoms with Crippen LogP contribution in [0.15, 0.2) is 24.3 Å². The molecule has 1 amide bonds. The van der Waals surface area contributed by atoms with Gasteiger partial charge in [-0.25, -0.2) is 9.59 Å². The molecule has 1 N–H and O–H groups in total. The molecular weight excluding hydrogens is 398 g/mol. The van der Waals surface area contributed by atoms with Crippen molar-refractivity contribution in [2.75, 3.05) is 26.3 Å². The summed E-state index contributed by atoms with van der Waals surface area (Å²) >= 11 is 0. The Kier molecular flexibility index (Phi) is 11.4. The molecule has 1 aromatic carbocycles. The molecule has 0 spiro atoms. The second-order valence-corrected chi connectivity index (χ2v) is 8.88. The summed E-state index contributed by atoms with van der Waals surface area (Å²) in [6.07, 6.45) is 0.642. The zero-order valence-electron chi connectivity index (χ0n) is 19.8. The first kappa shape index (κ1) is 26.8. The molecule has 31 heavy (non-hydrogen) atoms. The summed E-state index contributed by atoms with van der Waals surface area (Å²) in [5.74, 6) is -0.306. The SMILES string of the molecule is CCOC(Cc1ccc(OCCN(CCC(C)(C)C)C(=O)OC(C)CC)cc1)C(=O)O. The van der Waals surface area contributed by atoms with Gasteiger partial charge in [-0.05, 0) is 49.8 Å². The van der Waals surface area contributed by atoms with Crippen molar-refractivity contribution in [3.05, 3.63) is 29.8 Å². The Morgan fingerprint density at radius 2 is 1.74 bits per heavy atom. The molecule has 0 aliphatic heterocycles. The van der Waals surface area contributed by atoms with E-state index >= 15 is 0 Å². The minimum Gasteiger partial charge on any atom is -0.492 e. The van der Waals surface area contributed by atoms with Gasteiger partial charge in [0.25, 0.3) is 0 Å². The van der Waals surface area contributed by atoms with E-state index in [2.05, 4.69) is 20.8 Å². The Balaban J connectivity index is 2.62. The molecule has 7 heteroatoms. The highest BCUT2D eigenvalue weighted by Gasteiger charge is 2.21. The largest absolute Gasteiger partial charge is 0.492 e. The number of aliphatic carboxylic acids is 1. The number of hydrogen-bond donors (Lipinski definition) is 1. The Hall–Kier alpha value is -2.28. The van der Waals surface area contributed by atoms with Crippen molar-refractivity contribution in [2.24, 2.45) is 5.41 Å². The Labute approximate surface area is 186 Å². The van der Waals surface area contributed by atoms with Crippen molar-refractivity contribution < 1.29 is 28.9 Å². The van der Waals surface area contributed by atoms with Gasteiger partial charge in [0.05, 0.1) is 6.54 Å². The highest BCUT2D eigenvalue weighted by Crippen LogP contribution is 2.20. The van der Waals surface area contributed by atoms with Crippen molar-refractivity contribution in [2.45, 2.75) is 73.0 Å². The van der Waals surface area contributed by atoms with Crippen LogP contribution in [0.3, 0.4) is 0 Å². The van der Waals surface area contributed by atoms with Crippen LogP contribution >= 0.6 is 0 Å². The highest BCUT2D eigenvalue weighted by molar-refractivity contribution is 5.72. The van der Waals surface area contributed by atoms with E-state index in [-0.39, 0.29) is 17.6 Å². The van der Waals surface area contributed by atoms with Crippen molar-refractivity contribution in [1.82, 2.24) is 4.90 Å². The van der Waals surface area contributed by atoms with Gasteiger partial charge >= 0.3 is 12.1 Å². The molecule has 0 heterocycles. The predicted octanol–water partition coefficient (Wildman–Crippen LogP) is 4.77. The first-order valence-corrected chi connectivity index (χ1v) is 11.1. The zero-order chi connectivity index (χ0) is 23.4. The molecule has 1 rings (SSSR count). The van der Waals surface area contributed by atoms with Crippen LogP contribution in [0, 0.1) is 5.41 Å². The molecule has 0 radical (unpaired) electrons. The number of benzene rings is 1. The van der Waals surface area contributed by atoms with Crippen LogP contribution < -0.4 is 4.74 Å². The highest BCUT2D eigenvalue weighted by atomic mass is 16.6. The van der Waals surface area contributed by atoms with Crippen molar-refractivity contribution in [3.8, 4) is 5.75 Å². The second kappa shape index (κ2) is 13.2. The molecule has 0 aromatic heterocycles. The van der Waals surface area contributed by atoms with Gasteiger partial charge in [0.2, 0.25) is 0 Å². The molecule has 2 atom stereocenters. The quantitative estimate of drug-likeness (QED) is 0.478. The van der Waals surface area contributed by atoms with E-state index in [4.69, 9.17) is 14.2 Å². The Morgan fingerprint density at radius 3 is 2.26 bits per heavy atom. The van der Waals surface area contributed by atoms with Gasteiger partial charge in [-0.1, -0.05) is 39.8 Å². The molecule has 0 aliphatic carbocycles. The van der Waals surface area contributed by atoms with Crippen LogP contribution in [0.2, 0.25) is 0 Å². The summed E-state index contributed by atoms with van der Waals surface area (Å²) in [6, 6.07) is 7.27. The molecule has 0 saturated heterocycles. The molecule has 0 bridgehead atoms. The van der Waals surface area contributed by atoms with Crippen LogP contribution in [-0.2, 0) is 20.7 Å². The molecule has 176 valence electrons. The average Bonchev–Trinajstić information content (AvgIpc) is 2.70. The van der Waals surface area contributed by atoms with Crippen molar-refractivity contribution in [3.63, 3.8) is 0 Å². The van der Waals surface area contributed by atoms with Crippen molar-refractivity contribution in [1.29, 1.82) is 0 Å². The third-order valence-electron chi connectivity index (χ3n) is 4.88. The third kappa shape index (κ3) is 11.1. The molecule has 0 saturated carbocycles. The maximum absolute atomic E-state index is 12.5. The number of carboxylic acids is 1. The van der Waals surface area contributed by atoms with E-state index in [1.54, 1.807) is 24.0 Å². The van der Waals surface area contributed by atoms with Gasteiger partial charge < -0.3 is 24.2 Å². The first-order valence-electron chi connectivity index (χ1n) is 11.1. The summed E-state index contributed by atoms with van der Waals surface area (Å²) < 4.78 is 16.6. The van der Waals surface area contributed by atoms with E-state index in [1.165, 1.54) is 0 Å². The lowest BCUT2D eigenvalue weighted by molar-refractivity contribution is -0.149. The molecule has 1 aromatic rings. The summed E-state index contributed by atoms with van der Waals surface area (Å²) in [6.45, 7) is 13.8. The van der Waals surface area contributed by atoms with E-state index in [9.17, 15) is 14.7 Å². The van der Waals surface area contributed by atoms with E-state index in [0.717, 1.165) is 18.4 Å². The summed E-state index contributed by atoms with van der Waals surface area (Å²) in [5, 5.41) is 9.21. The maximum Gasteiger partial charge on any atom is 0.410 e. The van der Waals surface area contributed by atoms with Crippen LogP contribution in [0.5, 0.6) is 5.75 Å². The lowest BCUT2D eigenvalue weighted by Crippen LogP contribution is -2.38. The number of carbonyl (C=O) groups is 2.